The Kier molecular flexibility index (Phi) is 3.75. The first kappa shape index (κ1) is 11.6. The van der Waals surface area contributed by atoms with E-state index in [1.165, 1.54) is 0 Å². The number of hydrogen-bond donors (Lipinski definition) is 1. The summed E-state index contributed by atoms with van der Waals surface area (Å²) in [6.07, 6.45) is 8.54. The number of carbonyl (C=O) groups excluding carboxylic acids is 1. The lowest BCUT2D eigenvalue weighted by Gasteiger charge is -2.17. The average Bonchev–Trinajstić information content (AvgIpc) is 2.40. The maximum atomic E-state index is 11.9. The van der Waals surface area contributed by atoms with E-state index in [1.807, 2.05) is 0 Å². The van der Waals surface area contributed by atoms with Crippen molar-refractivity contribution in [2.75, 3.05) is 12.4 Å². The Bertz CT molecular complexity index is 412. The first-order chi connectivity index (χ1) is 8.29. The molecule has 4 heteroatoms. The van der Waals surface area contributed by atoms with Gasteiger partial charge in [-0.05, 0) is 25.3 Å². The Labute approximate surface area is 101 Å². The molecule has 1 amide bonds. The molecular weight excluding hydrogens is 216 g/mol. The van der Waals surface area contributed by atoms with E-state index in [0.29, 0.717) is 11.6 Å². The topological polar surface area (TPSA) is 51.2 Å². The van der Waals surface area contributed by atoms with E-state index in [-0.39, 0.29) is 11.8 Å². The largest absolute Gasteiger partial charge is 0.481 e. The summed E-state index contributed by atoms with van der Waals surface area (Å²) in [6, 6.07) is 3.53. The van der Waals surface area contributed by atoms with E-state index < -0.39 is 0 Å². The van der Waals surface area contributed by atoms with E-state index in [4.69, 9.17) is 4.74 Å². The van der Waals surface area contributed by atoms with Crippen LogP contribution in [0.2, 0.25) is 0 Å². The fourth-order valence-electron chi connectivity index (χ4n) is 1.85. The Balaban J connectivity index is 1.95. The number of rotatable bonds is 3. The van der Waals surface area contributed by atoms with Crippen LogP contribution in [0.5, 0.6) is 5.88 Å². The zero-order chi connectivity index (χ0) is 12.1. The minimum absolute atomic E-state index is 0.0707. The highest BCUT2D eigenvalue weighted by molar-refractivity contribution is 5.92. The number of anilines is 1. The molecule has 4 nitrogen and oxygen atoms in total. The number of pyridine rings is 1. The molecule has 0 aliphatic heterocycles. The average molecular weight is 232 g/mol. The highest BCUT2D eigenvalue weighted by atomic mass is 16.5. The van der Waals surface area contributed by atoms with Crippen molar-refractivity contribution in [1.82, 2.24) is 4.98 Å². The van der Waals surface area contributed by atoms with E-state index >= 15 is 0 Å². The normalized spacial score (nSPS) is 18.8. The predicted molar refractivity (Wildman–Crippen MR) is 65.9 cm³/mol. The van der Waals surface area contributed by atoms with Crippen LogP contribution in [-0.4, -0.2) is 18.0 Å². The van der Waals surface area contributed by atoms with E-state index in [9.17, 15) is 4.79 Å². The van der Waals surface area contributed by atoms with Crippen LogP contribution in [0, 0.1) is 5.92 Å². The number of aromatic nitrogens is 1. The first-order valence-corrected chi connectivity index (χ1v) is 5.75. The molecule has 17 heavy (non-hydrogen) atoms. The molecular formula is C13H16N2O2. The van der Waals surface area contributed by atoms with Crippen molar-refractivity contribution in [1.29, 1.82) is 0 Å². The summed E-state index contributed by atoms with van der Waals surface area (Å²) in [7, 11) is 1.56. The van der Waals surface area contributed by atoms with Crippen molar-refractivity contribution in [3.8, 4) is 5.88 Å². The maximum absolute atomic E-state index is 11.9. The second-order valence-electron chi connectivity index (χ2n) is 4.06. The number of ether oxygens (including phenoxy) is 1. The fraction of sp³-hybridized carbons (Fsp3) is 0.385. The lowest BCUT2D eigenvalue weighted by Crippen LogP contribution is -2.23. The molecule has 90 valence electrons. The van der Waals surface area contributed by atoms with Gasteiger partial charge in [0.2, 0.25) is 11.8 Å². The molecule has 0 spiro atoms. The van der Waals surface area contributed by atoms with Crippen LogP contribution in [0.25, 0.3) is 0 Å². The molecule has 1 aromatic rings. The minimum Gasteiger partial charge on any atom is -0.481 e. The maximum Gasteiger partial charge on any atom is 0.227 e. The minimum atomic E-state index is 0.0707. The number of amides is 1. The molecule has 1 unspecified atom stereocenters. The second-order valence-corrected chi connectivity index (χ2v) is 4.06. The lowest BCUT2D eigenvalue weighted by molar-refractivity contribution is -0.120. The molecule has 1 aromatic heterocycles. The van der Waals surface area contributed by atoms with Gasteiger partial charge >= 0.3 is 0 Å². The van der Waals surface area contributed by atoms with Gasteiger partial charge in [0.25, 0.3) is 0 Å². The van der Waals surface area contributed by atoms with Gasteiger partial charge in [0.1, 0.15) is 0 Å². The quantitative estimate of drug-likeness (QED) is 0.814. The Morgan fingerprint density at radius 1 is 1.47 bits per heavy atom. The molecule has 0 aromatic carbocycles. The Morgan fingerprint density at radius 3 is 2.94 bits per heavy atom. The van der Waals surface area contributed by atoms with Crippen molar-refractivity contribution in [2.24, 2.45) is 5.92 Å². The monoisotopic (exact) mass is 232 g/mol. The summed E-state index contributed by atoms with van der Waals surface area (Å²) in [5, 5.41) is 2.87. The van der Waals surface area contributed by atoms with Crippen molar-refractivity contribution in [3.63, 3.8) is 0 Å². The SMILES string of the molecule is COc1ccc(NC(=O)C2CC=CCC2)cn1. The van der Waals surface area contributed by atoms with Gasteiger partial charge in [-0.1, -0.05) is 12.2 Å². The van der Waals surface area contributed by atoms with E-state index in [0.717, 1.165) is 19.3 Å². The molecule has 0 bridgehead atoms. The van der Waals surface area contributed by atoms with Crippen LogP contribution < -0.4 is 10.1 Å². The van der Waals surface area contributed by atoms with Crippen molar-refractivity contribution in [3.05, 3.63) is 30.5 Å². The Morgan fingerprint density at radius 2 is 2.35 bits per heavy atom. The fourth-order valence-corrected chi connectivity index (χ4v) is 1.85. The third-order valence-electron chi connectivity index (χ3n) is 2.85. The molecule has 2 rings (SSSR count). The summed E-state index contributed by atoms with van der Waals surface area (Å²) < 4.78 is 4.96. The molecule has 0 radical (unpaired) electrons. The molecule has 1 atom stereocenters. The molecule has 1 N–H and O–H groups in total. The van der Waals surface area contributed by atoms with Crippen LogP contribution in [-0.2, 0) is 4.79 Å². The van der Waals surface area contributed by atoms with Crippen LogP contribution in [0.15, 0.2) is 30.5 Å². The van der Waals surface area contributed by atoms with Gasteiger partial charge in [0, 0.05) is 12.0 Å². The van der Waals surface area contributed by atoms with Crippen LogP contribution in [0.1, 0.15) is 19.3 Å². The zero-order valence-electron chi connectivity index (χ0n) is 9.85. The van der Waals surface area contributed by atoms with Gasteiger partial charge in [0.05, 0.1) is 19.0 Å². The van der Waals surface area contributed by atoms with Crippen LogP contribution >= 0.6 is 0 Å². The highest BCUT2D eigenvalue weighted by Gasteiger charge is 2.18. The van der Waals surface area contributed by atoms with Crippen molar-refractivity contribution >= 4 is 11.6 Å². The number of methoxy groups -OCH3 is 1. The summed E-state index contributed by atoms with van der Waals surface area (Å²) >= 11 is 0. The van der Waals surface area contributed by atoms with Crippen molar-refractivity contribution in [2.45, 2.75) is 19.3 Å². The summed E-state index contributed by atoms with van der Waals surface area (Å²) in [4.78, 5) is 16.0. The Hall–Kier alpha value is -1.84. The van der Waals surface area contributed by atoms with Crippen molar-refractivity contribution < 1.29 is 9.53 Å². The third kappa shape index (κ3) is 3.06. The lowest BCUT2D eigenvalue weighted by atomic mass is 9.93. The zero-order valence-corrected chi connectivity index (χ0v) is 9.85. The van der Waals surface area contributed by atoms with E-state index in [2.05, 4.69) is 22.5 Å². The number of allylic oxidation sites excluding steroid dienone is 2. The van der Waals surface area contributed by atoms with Gasteiger partial charge in [-0.25, -0.2) is 4.98 Å². The molecule has 0 fully saturated rings. The summed E-state index contributed by atoms with van der Waals surface area (Å²) in [5.41, 5.74) is 0.713. The summed E-state index contributed by atoms with van der Waals surface area (Å²) in [6.45, 7) is 0. The molecule has 1 heterocycles. The molecule has 0 saturated carbocycles. The number of hydrogen-bond acceptors (Lipinski definition) is 3. The number of nitrogens with zero attached hydrogens (tertiary/aromatic N) is 1. The van der Waals surface area contributed by atoms with Crippen LogP contribution in [0.3, 0.4) is 0 Å². The molecule has 1 aliphatic carbocycles. The second kappa shape index (κ2) is 5.48. The van der Waals surface area contributed by atoms with Gasteiger partial charge < -0.3 is 10.1 Å². The van der Waals surface area contributed by atoms with Gasteiger partial charge in [-0.15, -0.1) is 0 Å². The smallest absolute Gasteiger partial charge is 0.227 e. The van der Waals surface area contributed by atoms with Gasteiger partial charge in [-0.3, -0.25) is 4.79 Å². The number of nitrogens with one attached hydrogen (secondary N) is 1. The van der Waals surface area contributed by atoms with Gasteiger partial charge in [0.15, 0.2) is 0 Å². The standard InChI is InChI=1S/C13H16N2O2/c1-17-12-8-7-11(9-14-12)15-13(16)10-5-3-2-4-6-10/h2-3,7-10H,4-6H2,1H3,(H,15,16). The summed E-state index contributed by atoms with van der Waals surface area (Å²) in [5.74, 6) is 0.701. The predicted octanol–water partition coefficient (Wildman–Crippen LogP) is 2.39. The van der Waals surface area contributed by atoms with Crippen LogP contribution in [0.4, 0.5) is 5.69 Å². The van der Waals surface area contributed by atoms with E-state index in [1.54, 1.807) is 25.4 Å². The third-order valence-corrected chi connectivity index (χ3v) is 2.85. The molecule has 1 aliphatic rings. The molecule has 0 saturated heterocycles. The van der Waals surface area contributed by atoms with Gasteiger partial charge in [-0.2, -0.15) is 0 Å². The number of carbonyl (C=O) groups is 1. The first-order valence-electron chi connectivity index (χ1n) is 5.75. The highest BCUT2D eigenvalue weighted by Crippen LogP contribution is 2.20.